The minimum absolute atomic E-state index is 0.0464. The molecule has 1 heterocycles. The summed E-state index contributed by atoms with van der Waals surface area (Å²) in [5, 5.41) is 4.70. The molecule has 0 aromatic heterocycles. The Bertz CT molecular complexity index is 677. The molecule has 1 aliphatic rings. The second-order valence-electron chi connectivity index (χ2n) is 5.57. The van der Waals surface area contributed by atoms with Gasteiger partial charge in [-0.2, -0.15) is 0 Å². The molecule has 0 spiro atoms. The molecule has 0 aliphatic carbocycles. The number of carbonyl (C=O) groups excluding carboxylic acids is 2. The summed E-state index contributed by atoms with van der Waals surface area (Å²) in [5.74, 6) is -0.300. The highest BCUT2D eigenvalue weighted by Gasteiger charge is 2.19. The van der Waals surface area contributed by atoms with Gasteiger partial charge in [0.15, 0.2) is 0 Å². The summed E-state index contributed by atoms with van der Waals surface area (Å²) in [6.07, 6.45) is 3.97. The molecule has 4 nitrogen and oxygen atoms in total. The highest BCUT2D eigenvalue weighted by molar-refractivity contribution is 5.86. The number of benzene rings is 1. The molecule has 0 fully saturated rings. The van der Waals surface area contributed by atoms with Crippen LogP contribution in [0.4, 0.5) is 0 Å². The SMILES string of the molecule is CCCC(=O)NCCC1C=c2c(C)ccc(C)c2=NC1=O. The summed E-state index contributed by atoms with van der Waals surface area (Å²) in [5.41, 5.74) is 2.15. The number of aryl methyl sites for hydroxylation is 2. The van der Waals surface area contributed by atoms with Gasteiger partial charge in [0, 0.05) is 18.2 Å². The number of rotatable bonds is 5. The summed E-state index contributed by atoms with van der Waals surface area (Å²) in [6.45, 7) is 6.48. The average molecular weight is 286 g/mol. The smallest absolute Gasteiger partial charge is 0.253 e. The van der Waals surface area contributed by atoms with E-state index in [0.717, 1.165) is 28.1 Å². The first-order valence-electron chi connectivity index (χ1n) is 7.50. The van der Waals surface area contributed by atoms with E-state index in [1.807, 2.05) is 32.9 Å². The lowest BCUT2D eigenvalue weighted by atomic mass is 9.97. The maximum absolute atomic E-state index is 12.1. The van der Waals surface area contributed by atoms with Crippen LogP contribution in [0.2, 0.25) is 0 Å². The first-order valence-corrected chi connectivity index (χ1v) is 7.50. The van der Waals surface area contributed by atoms with E-state index in [1.54, 1.807) is 0 Å². The highest BCUT2D eigenvalue weighted by atomic mass is 16.2. The Balaban J connectivity index is 2.13. The third kappa shape index (κ3) is 3.57. The van der Waals surface area contributed by atoms with Gasteiger partial charge in [-0.3, -0.25) is 9.59 Å². The van der Waals surface area contributed by atoms with Gasteiger partial charge in [-0.25, -0.2) is 4.99 Å². The molecule has 2 rings (SSSR count). The molecule has 1 aromatic carbocycles. The van der Waals surface area contributed by atoms with E-state index in [9.17, 15) is 9.59 Å². The second-order valence-corrected chi connectivity index (χ2v) is 5.57. The maximum Gasteiger partial charge on any atom is 0.253 e. The van der Waals surface area contributed by atoms with Crippen LogP contribution < -0.4 is 15.9 Å². The Morgan fingerprint density at radius 2 is 2.00 bits per heavy atom. The predicted octanol–water partition coefficient (Wildman–Crippen LogP) is 1.17. The molecule has 0 radical (unpaired) electrons. The Labute approximate surface area is 125 Å². The average Bonchev–Trinajstić information content (AvgIpc) is 2.44. The van der Waals surface area contributed by atoms with Crippen LogP contribution in [0.1, 0.15) is 37.3 Å². The number of nitrogens with one attached hydrogen (secondary N) is 1. The van der Waals surface area contributed by atoms with Gasteiger partial charge in [0.05, 0.1) is 11.3 Å². The van der Waals surface area contributed by atoms with Crippen molar-refractivity contribution in [2.45, 2.75) is 40.0 Å². The van der Waals surface area contributed by atoms with Crippen molar-refractivity contribution in [3.8, 4) is 0 Å². The summed E-state index contributed by atoms with van der Waals surface area (Å²) in [7, 11) is 0. The fourth-order valence-electron chi connectivity index (χ4n) is 2.53. The van der Waals surface area contributed by atoms with E-state index in [-0.39, 0.29) is 17.7 Å². The highest BCUT2D eigenvalue weighted by Crippen LogP contribution is 2.10. The van der Waals surface area contributed by atoms with Crippen LogP contribution in [0.15, 0.2) is 17.1 Å². The van der Waals surface area contributed by atoms with E-state index in [4.69, 9.17) is 0 Å². The van der Waals surface area contributed by atoms with Crippen LogP contribution in [0.5, 0.6) is 0 Å². The van der Waals surface area contributed by atoms with Gasteiger partial charge in [-0.05, 0) is 37.8 Å². The first kappa shape index (κ1) is 15.4. The van der Waals surface area contributed by atoms with Gasteiger partial charge in [0.1, 0.15) is 0 Å². The molecule has 0 bridgehead atoms. The zero-order chi connectivity index (χ0) is 15.4. The summed E-state index contributed by atoms with van der Waals surface area (Å²) in [6, 6.07) is 4.04. The molecule has 2 amide bonds. The van der Waals surface area contributed by atoms with E-state index < -0.39 is 0 Å². The number of fused-ring (bicyclic) bond motifs is 1. The molecule has 1 aromatic rings. The van der Waals surface area contributed by atoms with E-state index in [2.05, 4.69) is 16.4 Å². The quantitative estimate of drug-likeness (QED) is 0.883. The lowest BCUT2D eigenvalue weighted by Gasteiger charge is -2.14. The number of hydrogen-bond acceptors (Lipinski definition) is 2. The minimum atomic E-state index is -0.236. The molecule has 1 N–H and O–H groups in total. The van der Waals surface area contributed by atoms with E-state index in [0.29, 0.717) is 19.4 Å². The zero-order valence-corrected chi connectivity index (χ0v) is 12.9. The van der Waals surface area contributed by atoms with Gasteiger partial charge in [0.25, 0.3) is 5.91 Å². The van der Waals surface area contributed by atoms with Crippen molar-refractivity contribution in [3.05, 3.63) is 33.8 Å². The van der Waals surface area contributed by atoms with Gasteiger partial charge < -0.3 is 5.32 Å². The Morgan fingerprint density at radius 1 is 1.29 bits per heavy atom. The molecule has 0 saturated carbocycles. The molecule has 21 heavy (non-hydrogen) atoms. The molecule has 112 valence electrons. The molecule has 4 heteroatoms. The van der Waals surface area contributed by atoms with Crippen molar-refractivity contribution in [2.24, 2.45) is 10.9 Å². The van der Waals surface area contributed by atoms with Crippen LogP contribution in [0.3, 0.4) is 0 Å². The number of amides is 2. The predicted molar refractivity (Wildman–Crippen MR) is 82.2 cm³/mol. The van der Waals surface area contributed by atoms with E-state index in [1.165, 1.54) is 0 Å². The third-order valence-electron chi connectivity index (χ3n) is 3.80. The van der Waals surface area contributed by atoms with Gasteiger partial charge in [0.2, 0.25) is 5.91 Å². The number of carbonyl (C=O) groups is 2. The molecular weight excluding hydrogens is 264 g/mol. The van der Waals surface area contributed by atoms with Crippen molar-refractivity contribution in [1.82, 2.24) is 5.32 Å². The largest absolute Gasteiger partial charge is 0.356 e. The van der Waals surface area contributed by atoms with Gasteiger partial charge >= 0.3 is 0 Å². The van der Waals surface area contributed by atoms with Crippen molar-refractivity contribution in [1.29, 1.82) is 0 Å². The van der Waals surface area contributed by atoms with Gasteiger partial charge in [-0.1, -0.05) is 25.1 Å². The first-order chi connectivity index (χ1) is 10.0. The van der Waals surface area contributed by atoms with Crippen molar-refractivity contribution >= 4 is 17.9 Å². The van der Waals surface area contributed by atoms with Crippen LogP contribution in [0, 0.1) is 19.8 Å². The number of nitrogens with zero attached hydrogens (tertiary/aromatic N) is 1. The molecular formula is C17H22N2O2. The van der Waals surface area contributed by atoms with Crippen LogP contribution in [-0.4, -0.2) is 18.4 Å². The van der Waals surface area contributed by atoms with E-state index >= 15 is 0 Å². The lowest BCUT2D eigenvalue weighted by Crippen LogP contribution is -2.38. The summed E-state index contributed by atoms with van der Waals surface area (Å²) < 4.78 is 0. The Hall–Kier alpha value is -1.97. The topological polar surface area (TPSA) is 58.5 Å². The lowest BCUT2D eigenvalue weighted by molar-refractivity contribution is -0.122. The standard InChI is InChI=1S/C17H22N2O2/c1-4-5-15(20)18-9-8-13-10-14-11(2)6-7-12(3)16(14)19-17(13)21/h6-7,10,13H,4-5,8-9H2,1-3H3,(H,18,20). The van der Waals surface area contributed by atoms with Crippen molar-refractivity contribution in [2.75, 3.05) is 6.54 Å². The summed E-state index contributed by atoms with van der Waals surface area (Å²) in [4.78, 5) is 27.8. The zero-order valence-electron chi connectivity index (χ0n) is 12.9. The second kappa shape index (κ2) is 6.66. The van der Waals surface area contributed by atoms with Crippen LogP contribution >= 0.6 is 0 Å². The maximum atomic E-state index is 12.1. The Kier molecular flexibility index (Phi) is 4.89. The minimum Gasteiger partial charge on any atom is -0.356 e. The van der Waals surface area contributed by atoms with Crippen molar-refractivity contribution < 1.29 is 9.59 Å². The fourth-order valence-corrected chi connectivity index (χ4v) is 2.53. The normalized spacial score (nSPS) is 16.7. The Morgan fingerprint density at radius 3 is 2.71 bits per heavy atom. The molecule has 0 saturated heterocycles. The van der Waals surface area contributed by atoms with Crippen LogP contribution in [0.25, 0.3) is 6.08 Å². The monoisotopic (exact) mass is 286 g/mol. The van der Waals surface area contributed by atoms with Crippen molar-refractivity contribution in [3.63, 3.8) is 0 Å². The third-order valence-corrected chi connectivity index (χ3v) is 3.80. The summed E-state index contributed by atoms with van der Waals surface area (Å²) >= 11 is 0. The fraction of sp³-hybridized carbons (Fsp3) is 0.471. The number of hydrogen-bond donors (Lipinski definition) is 1. The molecule has 1 unspecified atom stereocenters. The van der Waals surface area contributed by atoms with Gasteiger partial charge in [-0.15, -0.1) is 0 Å². The molecule has 1 atom stereocenters. The van der Waals surface area contributed by atoms with Crippen LogP contribution in [-0.2, 0) is 9.59 Å². The molecule has 1 aliphatic heterocycles.